The number of amides is 2. The predicted molar refractivity (Wildman–Crippen MR) is 106 cm³/mol. The zero-order chi connectivity index (χ0) is 17.8. The van der Waals surface area contributed by atoms with E-state index in [0.717, 1.165) is 30.6 Å². The maximum absolute atomic E-state index is 13.1. The highest BCUT2D eigenvalue weighted by molar-refractivity contribution is 7.80. The highest BCUT2D eigenvalue weighted by Crippen LogP contribution is 2.29. The van der Waals surface area contributed by atoms with Gasteiger partial charge in [0.2, 0.25) is 0 Å². The van der Waals surface area contributed by atoms with Crippen molar-refractivity contribution >= 4 is 58.2 Å². The van der Waals surface area contributed by atoms with Crippen LogP contribution in [0.15, 0.2) is 23.1 Å². The van der Waals surface area contributed by atoms with Gasteiger partial charge in [-0.2, -0.15) is 0 Å². The summed E-state index contributed by atoms with van der Waals surface area (Å²) < 4.78 is 0. The third-order valence-electron chi connectivity index (χ3n) is 4.65. The largest absolute Gasteiger partial charge is 0.284 e. The molecule has 7 heteroatoms. The Morgan fingerprint density at radius 3 is 2.64 bits per heavy atom. The molecule has 0 aromatic carbocycles. The number of thiocarbonyl (C=S) groups is 1. The molecule has 3 rings (SSSR count). The van der Waals surface area contributed by atoms with Crippen molar-refractivity contribution in [1.82, 2.24) is 9.80 Å². The van der Waals surface area contributed by atoms with Gasteiger partial charge >= 0.3 is 0 Å². The molecule has 1 saturated carbocycles. The minimum Gasteiger partial charge on any atom is -0.284 e. The SMILES string of the molecule is O=C1C(=Cc2cccs2)C(=O)N(C2CCCCC2)C(=S)N1CCCCl. The third kappa shape index (κ3) is 3.96. The average molecular weight is 397 g/mol. The van der Waals surface area contributed by atoms with Crippen molar-refractivity contribution in [2.45, 2.75) is 44.6 Å². The molecular formula is C18H21ClN2O2S2. The van der Waals surface area contributed by atoms with Crippen molar-refractivity contribution in [3.05, 3.63) is 28.0 Å². The Kier molecular flexibility index (Phi) is 6.25. The molecule has 1 aromatic rings. The Labute approximate surface area is 162 Å². The van der Waals surface area contributed by atoms with Crippen LogP contribution in [-0.4, -0.2) is 45.2 Å². The van der Waals surface area contributed by atoms with Gasteiger partial charge in [0.1, 0.15) is 5.57 Å². The number of thiophene rings is 1. The van der Waals surface area contributed by atoms with E-state index in [9.17, 15) is 9.59 Å². The number of rotatable bonds is 5. The minimum absolute atomic E-state index is 0.0899. The lowest BCUT2D eigenvalue weighted by Gasteiger charge is -2.42. The first kappa shape index (κ1) is 18.5. The summed E-state index contributed by atoms with van der Waals surface area (Å²) >= 11 is 12.9. The molecule has 0 spiro atoms. The molecule has 1 aliphatic carbocycles. The number of hydrogen-bond donors (Lipinski definition) is 0. The molecule has 2 fully saturated rings. The molecule has 2 heterocycles. The number of nitrogens with zero attached hydrogens (tertiary/aromatic N) is 2. The second-order valence-corrected chi connectivity index (χ2v) is 8.04. The van der Waals surface area contributed by atoms with Gasteiger partial charge in [-0.25, -0.2) is 0 Å². The standard InChI is InChI=1S/C18H21ClN2O2S2/c19-9-5-10-20-16(22)15(12-14-8-4-11-25-14)17(23)21(18(20)24)13-6-2-1-3-7-13/h4,8,11-13H,1-3,5-7,9-10H2. The van der Waals surface area contributed by atoms with Crippen LogP contribution in [0.4, 0.5) is 0 Å². The lowest BCUT2D eigenvalue weighted by atomic mass is 9.93. The van der Waals surface area contributed by atoms with Crippen molar-refractivity contribution in [3.63, 3.8) is 0 Å². The van der Waals surface area contributed by atoms with Gasteiger partial charge in [0, 0.05) is 23.3 Å². The van der Waals surface area contributed by atoms with Gasteiger partial charge in [0.25, 0.3) is 11.8 Å². The van der Waals surface area contributed by atoms with Crippen molar-refractivity contribution in [2.24, 2.45) is 0 Å². The summed E-state index contributed by atoms with van der Waals surface area (Å²) in [6.07, 6.45) is 7.60. The molecular weight excluding hydrogens is 376 g/mol. The van der Waals surface area contributed by atoms with Gasteiger partial charge < -0.3 is 0 Å². The fraction of sp³-hybridized carbons (Fsp3) is 0.500. The highest BCUT2D eigenvalue weighted by atomic mass is 35.5. The molecule has 2 aliphatic rings. The van der Waals surface area contributed by atoms with Crippen LogP contribution < -0.4 is 0 Å². The molecule has 1 aliphatic heterocycles. The van der Waals surface area contributed by atoms with E-state index in [-0.39, 0.29) is 23.4 Å². The fourth-order valence-electron chi connectivity index (χ4n) is 3.39. The van der Waals surface area contributed by atoms with E-state index in [4.69, 9.17) is 23.8 Å². The molecule has 4 nitrogen and oxygen atoms in total. The molecule has 0 radical (unpaired) electrons. The number of carbonyl (C=O) groups is 2. The van der Waals surface area contributed by atoms with E-state index in [1.807, 2.05) is 17.5 Å². The van der Waals surface area contributed by atoms with E-state index in [1.165, 1.54) is 17.8 Å². The van der Waals surface area contributed by atoms with Gasteiger partial charge in [-0.15, -0.1) is 22.9 Å². The lowest BCUT2D eigenvalue weighted by Crippen LogP contribution is -2.59. The second kappa shape index (κ2) is 8.43. The molecule has 0 N–H and O–H groups in total. The zero-order valence-electron chi connectivity index (χ0n) is 13.9. The first-order valence-corrected chi connectivity index (χ1v) is 10.5. The number of alkyl halides is 1. The van der Waals surface area contributed by atoms with Crippen LogP contribution in [0.5, 0.6) is 0 Å². The van der Waals surface area contributed by atoms with E-state index in [2.05, 4.69) is 0 Å². The zero-order valence-corrected chi connectivity index (χ0v) is 16.3. The Balaban J connectivity index is 1.95. The summed E-state index contributed by atoms with van der Waals surface area (Å²) in [4.78, 5) is 30.1. The van der Waals surface area contributed by atoms with Crippen molar-refractivity contribution in [2.75, 3.05) is 12.4 Å². The molecule has 2 amide bonds. The Morgan fingerprint density at radius 1 is 1.24 bits per heavy atom. The summed E-state index contributed by atoms with van der Waals surface area (Å²) in [6, 6.07) is 3.90. The van der Waals surface area contributed by atoms with Gasteiger partial charge in [0.15, 0.2) is 5.11 Å². The van der Waals surface area contributed by atoms with Crippen LogP contribution in [0.3, 0.4) is 0 Å². The van der Waals surface area contributed by atoms with E-state index in [1.54, 1.807) is 15.9 Å². The Morgan fingerprint density at radius 2 is 2.00 bits per heavy atom. The Hall–Kier alpha value is -1.24. The summed E-state index contributed by atoms with van der Waals surface area (Å²) in [5.41, 5.74) is 0.205. The first-order chi connectivity index (χ1) is 12.1. The van der Waals surface area contributed by atoms with Crippen molar-refractivity contribution in [1.29, 1.82) is 0 Å². The van der Waals surface area contributed by atoms with Gasteiger partial charge in [-0.1, -0.05) is 25.3 Å². The van der Waals surface area contributed by atoms with Gasteiger partial charge in [0.05, 0.1) is 0 Å². The normalized spacial score (nSPS) is 21.5. The minimum atomic E-state index is -0.305. The number of halogens is 1. The van der Waals surface area contributed by atoms with Crippen LogP contribution in [0.2, 0.25) is 0 Å². The molecule has 0 unspecified atom stereocenters. The topological polar surface area (TPSA) is 40.6 Å². The third-order valence-corrected chi connectivity index (χ3v) is 6.15. The fourth-order valence-corrected chi connectivity index (χ4v) is 4.57. The van der Waals surface area contributed by atoms with E-state index >= 15 is 0 Å². The molecule has 134 valence electrons. The molecule has 0 bridgehead atoms. The van der Waals surface area contributed by atoms with Crippen LogP contribution in [-0.2, 0) is 9.59 Å². The van der Waals surface area contributed by atoms with Crippen molar-refractivity contribution < 1.29 is 9.59 Å². The highest BCUT2D eigenvalue weighted by Gasteiger charge is 2.42. The lowest BCUT2D eigenvalue weighted by molar-refractivity contribution is -0.135. The smallest absolute Gasteiger partial charge is 0.265 e. The molecule has 0 atom stereocenters. The summed E-state index contributed by atoms with van der Waals surface area (Å²) in [6.45, 7) is 0.444. The predicted octanol–water partition coefficient (Wildman–Crippen LogP) is 4.05. The first-order valence-electron chi connectivity index (χ1n) is 8.64. The van der Waals surface area contributed by atoms with E-state index < -0.39 is 0 Å². The van der Waals surface area contributed by atoms with Crippen LogP contribution in [0.1, 0.15) is 43.4 Å². The maximum Gasteiger partial charge on any atom is 0.265 e. The van der Waals surface area contributed by atoms with Gasteiger partial charge in [-0.3, -0.25) is 19.4 Å². The molecule has 1 saturated heterocycles. The van der Waals surface area contributed by atoms with Crippen LogP contribution in [0.25, 0.3) is 6.08 Å². The summed E-state index contributed by atoms with van der Waals surface area (Å²) in [5.74, 6) is -0.105. The molecule has 1 aromatic heterocycles. The van der Waals surface area contributed by atoms with Gasteiger partial charge in [-0.05, 0) is 49.0 Å². The monoisotopic (exact) mass is 396 g/mol. The average Bonchev–Trinajstić information content (AvgIpc) is 3.13. The van der Waals surface area contributed by atoms with Crippen molar-refractivity contribution in [3.8, 4) is 0 Å². The van der Waals surface area contributed by atoms with Crippen LogP contribution >= 0.6 is 35.2 Å². The maximum atomic E-state index is 13.1. The number of hydrogen-bond acceptors (Lipinski definition) is 4. The summed E-state index contributed by atoms with van der Waals surface area (Å²) in [5, 5.41) is 2.27. The molecule has 25 heavy (non-hydrogen) atoms. The number of carbonyl (C=O) groups excluding carboxylic acids is 2. The quantitative estimate of drug-likeness (QED) is 0.326. The van der Waals surface area contributed by atoms with Crippen LogP contribution in [0, 0.1) is 0 Å². The Bertz CT molecular complexity index is 681. The second-order valence-electron chi connectivity index (χ2n) is 6.32. The van der Waals surface area contributed by atoms with E-state index in [0.29, 0.717) is 24.0 Å². The summed E-state index contributed by atoms with van der Waals surface area (Å²) in [7, 11) is 0.